The molecule has 0 aliphatic rings. The molecule has 0 unspecified atom stereocenters. The van der Waals surface area contributed by atoms with Crippen LogP contribution >= 0.6 is 0 Å². The summed E-state index contributed by atoms with van der Waals surface area (Å²) < 4.78 is 11.3. The first-order chi connectivity index (χ1) is 12.0. The zero-order valence-electron chi connectivity index (χ0n) is 15.9. The summed E-state index contributed by atoms with van der Waals surface area (Å²) in [5.41, 5.74) is 0.116. The number of hydrogen-bond donors (Lipinski definition) is 1. The molecule has 0 fully saturated rings. The van der Waals surface area contributed by atoms with Crippen LogP contribution in [0.2, 0.25) is 0 Å². The number of nitrogens with one attached hydrogen (secondary N) is 1. The van der Waals surface area contributed by atoms with Crippen molar-refractivity contribution in [2.45, 2.75) is 65.4 Å². The van der Waals surface area contributed by atoms with Gasteiger partial charge in [0, 0.05) is 12.3 Å². The lowest BCUT2D eigenvalue weighted by atomic mass is 9.96. The smallest absolute Gasteiger partial charge is 0.256 e. The molecule has 0 saturated heterocycles. The highest BCUT2D eigenvalue weighted by atomic mass is 16.5. The summed E-state index contributed by atoms with van der Waals surface area (Å²) in [6, 6.07) is 7.19. The predicted octanol–water partition coefficient (Wildman–Crippen LogP) is 4.66. The van der Waals surface area contributed by atoms with Crippen molar-refractivity contribution in [2.75, 3.05) is 18.5 Å². The minimum atomic E-state index is -0.865. The lowest BCUT2D eigenvalue weighted by Gasteiger charge is -2.29. The summed E-state index contributed by atoms with van der Waals surface area (Å²) >= 11 is 0. The van der Waals surface area contributed by atoms with Gasteiger partial charge in [-0.1, -0.05) is 33.1 Å². The molecule has 0 aromatic heterocycles. The third-order valence-electron chi connectivity index (χ3n) is 4.02. The maximum Gasteiger partial charge on any atom is 0.256 e. The average Bonchev–Trinajstić information content (AvgIpc) is 2.61. The van der Waals surface area contributed by atoms with E-state index in [0.29, 0.717) is 36.6 Å². The molecule has 1 aromatic rings. The molecule has 5 heteroatoms. The van der Waals surface area contributed by atoms with Gasteiger partial charge < -0.3 is 14.8 Å². The Bertz CT molecular complexity index is 595. The van der Waals surface area contributed by atoms with Crippen molar-refractivity contribution in [1.29, 1.82) is 5.26 Å². The fourth-order valence-corrected chi connectivity index (χ4v) is 2.53. The molecular formula is C20H30N2O3. The summed E-state index contributed by atoms with van der Waals surface area (Å²) in [6.45, 7) is 8.89. The van der Waals surface area contributed by atoms with E-state index in [9.17, 15) is 10.1 Å². The molecule has 1 aromatic carbocycles. The Balaban J connectivity index is 2.89. The van der Waals surface area contributed by atoms with Crippen LogP contribution in [0, 0.1) is 11.3 Å². The molecule has 1 amide bonds. The van der Waals surface area contributed by atoms with Crippen molar-refractivity contribution in [3.8, 4) is 11.8 Å². The van der Waals surface area contributed by atoms with Crippen molar-refractivity contribution in [3.05, 3.63) is 23.8 Å². The van der Waals surface area contributed by atoms with Crippen LogP contribution in [0.5, 0.6) is 5.75 Å². The van der Waals surface area contributed by atoms with Gasteiger partial charge in [0.25, 0.3) is 5.91 Å². The van der Waals surface area contributed by atoms with Crippen LogP contribution < -0.4 is 10.1 Å². The van der Waals surface area contributed by atoms with Crippen molar-refractivity contribution < 1.29 is 14.3 Å². The number of hydrogen-bond acceptors (Lipinski definition) is 4. The molecule has 1 rings (SSSR count). The SMILES string of the molecule is CCCCC[C@@](C)(OCCC)C(=O)Nc1ccc(OCC)c(C#N)c1. The normalized spacial score (nSPS) is 12.9. The van der Waals surface area contributed by atoms with E-state index in [2.05, 4.69) is 18.3 Å². The van der Waals surface area contributed by atoms with E-state index in [4.69, 9.17) is 9.47 Å². The second-order valence-corrected chi connectivity index (χ2v) is 6.25. The monoisotopic (exact) mass is 346 g/mol. The fraction of sp³-hybridized carbons (Fsp3) is 0.600. The number of nitrogens with zero attached hydrogens (tertiary/aromatic N) is 1. The van der Waals surface area contributed by atoms with Crippen LogP contribution in [0.4, 0.5) is 5.69 Å². The number of amides is 1. The Morgan fingerprint density at radius 1 is 1.24 bits per heavy atom. The number of ether oxygens (including phenoxy) is 2. The Hall–Kier alpha value is -2.06. The molecule has 0 aliphatic heterocycles. The summed E-state index contributed by atoms with van der Waals surface area (Å²) in [5, 5.41) is 12.1. The average molecular weight is 346 g/mol. The van der Waals surface area contributed by atoms with Gasteiger partial charge in [0.15, 0.2) is 0 Å². The first-order valence-corrected chi connectivity index (χ1v) is 9.13. The molecule has 0 bridgehead atoms. The summed E-state index contributed by atoms with van der Waals surface area (Å²) in [5.74, 6) is 0.348. The zero-order chi connectivity index (χ0) is 18.7. The predicted molar refractivity (Wildman–Crippen MR) is 99.7 cm³/mol. The van der Waals surface area contributed by atoms with Gasteiger partial charge in [-0.2, -0.15) is 5.26 Å². The quantitative estimate of drug-likeness (QED) is 0.591. The minimum Gasteiger partial charge on any atom is -0.492 e. The molecule has 0 spiro atoms. The second kappa shape index (κ2) is 10.7. The number of rotatable bonds is 11. The van der Waals surface area contributed by atoms with E-state index in [1.165, 1.54) is 0 Å². The van der Waals surface area contributed by atoms with Crippen molar-refractivity contribution >= 4 is 11.6 Å². The Morgan fingerprint density at radius 3 is 2.60 bits per heavy atom. The molecular weight excluding hydrogens is 316 g/mol. The van der Waals surface area contributed by atoms with Crippen molar-refractivity contribution in [1.82, 2.24) is 0 Å². The molecule has 0 aliphatic carbocycles. The van der Waals surface area contributed by atoms with Gasteiger partial charge in [-0.05, 0) is 44.9 Å². The molecule has 0 heterocycles. The molecule has 25 heavy (non-hydrogen) atoms. The third kappa shape index (κ3) is 6.39. The molecule has 1 atom stereocenters. The van der Waals surface area contributed by atoms with Crippen LogP contribution in [0.1, 0.15) is 65.4 Å². The van der Waals surface area contributed by atoms with E-state index in [1.54, 1.807) is 18.2 Å². The number of nitriles is 1. The third-order valence-corrected chi connectivity index (χ3v) is 4.02. The maximum absolute atomic E-state index is 12.8. The van der Waals surface area contributed by atoms with Crippen LogP contribution in [0.3, 0.4) is 0 Å². The number of anilines is 1. The summed E-state index contributed by atoms with van der Waals surface area (Å²) in [7, 11) is 0. The van der Waals surface area contributed by atoms with Crippen LogP contribution in [0.25, 0.3) is 0 Å². The molecule has 0 radical (unpaired) electrons. The Kier molecular flexibility index (Phi) is 9.01. The lowest BCUT2D eigenvalue weighted by molar-refractivity contribution is -0.140. The van der Waals surface area contributed by atoms with Gasteiger partial charge in [0.05, 0.1) is 12.2 Å². The maximum atomic E-state index is 12.8. The van der Waals surface area contributed by atoms with Crippen LogP contribution in [-0.4, -0.2) is 24.7 Å². The van der Waals surface area contributed by atoms with E-state index >= 15 is 0 Å². The van der Waals surface area contributed by atoms with Crippen molar-refractivity contribution in [2.24, 2.45) is 0 Å². The van der Waals surface area contributed by atoms with E-state index in [1.807, 2.05) is 20.8 Å². The first kappa shape index (κ1) is 21.0. The zero-order valence-corrected chi connectivity index (χ0v) is 15.9. The number of benzene rings is 1. The van der Waals surface area contributed by atoms with Gasteiger partial charge in [0.1, 0.15) is 17.4 Å². The number of carbonyl (C=O) groups is 1. The van der Waals surface area contributed by atoms with Crippen LogP contribution in [-0.2, 0) is 9.53 Å². The number of carbonyl (C=O) groups excluding carboxylic acids is 1. The highest BCUT2D eigenvalue weighted by Crippen LogP contribution is 2.25. The van der Waals surface area contributed by atoms with Gasteiger partial charge >= 0.3 is 0 Å². The summed E-state index contributed by atoms with van der Waals surface area (Å²) in [6.07, 6.45) is 4.64. The largest absolute Gasteiger partial charge is 0.492 e. The minimum absolute atomic E-state index is 0.176. The van der Waals surface area contributed by atoms with Crippen molar-refractivity contribution in [3.63, 3.8) is 0 Å². The molecule has 138 valence electrons. The first-order valence-electron chi connectivity index (χ1n) is 9.13. The topological polar surface area (TPSA) is 71.3 Å². The van der Waals surface area contributed by atoms with Gasteiger partial charge in [-0.25, -0.2) is 0 Å². The Labute approximate surface area is 151 Å². The lowest BCUT2D eigenvalue weighted by Crippen LogP contribution is -2.43. The van der Waals surface area contributed by atoms with E-state index < -0.39 is 5.60 Å². The highest BCUT2D eigenvalue weighted by molar-refractivity contribution is 5.97. The molecule has 0 saturated carbocycles. The van der Waals surface area contributed by atoms with Gasteiger partial charge in [0.2, 0.25) is 0 Å². The fourth-order valence-electron chi connectivity index (χ4n) is 2.53. The summed E-state index contributed by atoms with van der Waals surface area (Å²) in [4.78, 5) is 12.8. The molecule has 5 nitrogen and oxygen atoms in total. The van der Waals surface area contributed by atoms with Gasteiger partial charge in [-0.3, -0.25) is 4.79 Å². The van der Waals surface area contributed by atoms with Gasteiger partial charge in [-0.15, -0.1) is 0 Å². The van der Waals surface area contributed by atoms with E-state index in [-0.39, 0.29) is 5.91 Å². The van der Waals surface area contributed by atoms with Crippen LogP contribution in [0.15, 0.2) is 18.2 Å². The highest BCUT2D eigenvalue weighted by Gasteiger charge is 2.33. The second-order valence-electron chi connectivity index (χ2n) is 6.25. The van der Waals surface area contributed by atoms with E-state index in [0.717, 1.165) is 25.7 Å². The Morgan fingerprint density at radius 2 is 2.00 bits per heavy atom. The number of unbranched alkanes of at least 4 members (excludes halogenated alkanes) is 2. The molecule has 1 N–H and O–H groups in total. The standard InChI is InChI=1S/C20H30N2O3/c1-5-8-9-12-20(4,25-13-6-2)19(23)22-17-10-11-18(24-7-3)16(14-17)15-21/h10-11,14H,5-9,12-13H2,1-4H3,(H,22,23)/t20-/m1/s1.